The number of rotatable bonds is 5. The predicted molar refractivity (Wildman–Crippen MR) is 67.8 cm³/mol. The van der Waals surface area contributed by atoms with E-state index < -0.39 is 5.38 Å². The Hall–Kier alpha value is -1.02. The lowest BCUT2D eigenvalue weighted by Gasteiger charge is -2.16. The topological polar surface area (TPSA) is 29.1 Å². The highest BCUT2D eigenvalue weighted by molar-refractivity contribution is 6.30. The van der Waals surface area contributed by atoms with E-state index in [9.17, 15) is 4.79 Å². The first-order valence-corrected chi connectivity index (χ1v) is 6.05. The van der Waals surface area contributed by atoms with Crippen LogP contribution in [0.4, 0.5) is 0 Å². The smallest absolute Gasteiger partial charge is 0.237 e. The molecule has 0 unspecified atom stereocenters. The van der Waals surface area contributed by atoms with E-state index in [0.717, 1.165) is 6.42 Å². The fraction of sp³-hybridized carbons (Fsp3) is 0.462. The number of alkyl halides is 1. The van der Waals surface area contributed by atoms with Crippen molar-refractivity contribution in [2.24, 2.45) is 0 Å². The van der Waals surface area contributed by atoms with Gasteiger partial charge in [-0.05, 0) is 18.9 Å². The summed E-state index contributed by atoms with van der Waals surface area (Å²) in [6.07, 6.45) is 1.00. The molecule has 0 bridgehead atoms. The summed E-state index contributed by atoms with van der Waals surface area (Å²) in [4.78, 5) is 11.4. The van der Waals surface area contributed by atoms with E-state index in [1.165, 1.54) is 5.56 Å². The van der Waals surface area contributed by atoms with Gasteiger partial charge in [-0.2, -0.15) is 0 Å². The van der Waals surface area contributed by atoms with Gasteiger partial charge in [0, 0.05) is 12.5 Å². The molecule has 1 N–H and O–H groups in total. The fourth-order valence-electron chi connectivity index (χ4n) is 1.59. The molecule has 1 aromatic carbocycles. The second kappa shape index (κ2) is 6.54. The summed E-state index contributed by atoms with van der Waals surface area (Å²) in [5, 5.41) is 2.40. The lowest BCUT2D eigenvalue weighted by Crippen LogP contribution is -2.33. The molecule has 0 radical (unpaired) electrons. The molecule has 0 aliphatic rings. The number of amides is 1. The summed E-state index contributed by atoms with van der Waals surface area (Å²) in [6.45, 7) is 4.45. The molecule has 2 atom stereocenters. The van der Waals surface area contributed by atoms with Crippen LogP contribution in [0, 0.1) is 0 Å². The van der Waals surface area contributed by atoms with Crippen LogP contribution in [0.1, 0.15) is 31.7 Å². The standard InChI is InChI=1S/C13H18ClNO/c1-3-11(9-15-13(16)10(2)14)12-7-5-4-6-8-12/h4-8,10-11H,3,9H2,1-2H3,(H,15,16)/t10-,11+/m0/s1. The first-order chi connectivity index (χ1) is 7.65. The molecule has 0 spiro atoms. The zero-order valence-corrected chi connectivity index (χ0v) is 10.5. The quantitative estimate of drug-likeness (QED) is 0.787. The van der Waals surface area contributed by atoms with E-state index in [1.807, 2.05) is 18.2 Å². The average Bonchev–Trinajstić information content (AvgIpc) is 2.30. The van der Waals surface area contributed by atoms with Crippen molar-refractivity contribution in [3.05, 3.63) is 35.9 Å². The molecule has 0 aliphatic carbocycles. The minimum Gasteiger partial charge on any atom is -0.354 e. The summed E-state index contributed by atoms with van der Waals surface area (Å²) >= 11 is 5.69. The van der Waals surface area contributed by atoms with E-state index in [-0.39, 0.29) is 5.91 Å². The second-order valence-electron chi connectivity index (χ2n) is 3.88. The molecule has 0 aliphatic heterocycles. The van der Waals surface area contributed by atoms with Gasteiger partial charge in [0.25, 0.3) is 0 Å². The van der Waals surface area contributed by atoms with Crippen LogP contribution in [0.15, 0.2) is 30.3 Å². The first-order valence-electron chi connectivity index (χ1n) is 5.61. The van der Waals surface area contributed by atoms with Crippen LogP contribution in [-0.2, 0) is 4.79 Å². The predicted octanol–water partition coefficient (Wildman–Crippen LogP) is 2.92. The highest BCUT2D eigenvalue weighted by atomic mass is 35.5. The minimum absolute atomic E-state index is 0.101. The molecule has 0 aromatic heterocycles. The Bertz CT molecular complexity index is 324. The Morgan fingerprint density at radius 3 is 2.50 bits per heavy atom. The fourth-order valence-corrected chi connectivity index (χ4v) is 1.66. The summed E-state index contributed by atoms with van der Waals surface area (Å²) in [5.41, 5.74) is 1.26. The normalized spacial score (nSPS) is 14.2. The molecule has 1 rings (SSSR count). The van der Waals surface area contributed by atoms with Crippen molar-refractivity contribution < 1.29 is 4.79 Å². The van der Waals surface area contributed by atoms with Gasteiger partial charge in [0.2, 0.25) is 5.91 Å². The van der Waals surface area contributed by atoms with Crippen LogP contribution in [0.2, 0.25) is 0 Å². The largest absolute Gasteiger partial charge is 0.354 e. The number of carbonyl (C=O) groups excluding carboxylic acids is 1. The maximum atomic E-state index is 11.4. The van der Waals surface area contributed by atoms with Crippen LogP contribution >= 0.6 is 11.6 Å². The number of benzene rings is 1. The maximum absolute atomic E-state index is 11.4. The molecule has 0 saturated carbocycles. The Morgan fingerprint density at radius 2 is 2.00 bits per heavy atom. The van der Waals surface area contributed by atoms with Crippen molar-refractivity contribution in [1.29, 1.82) is 0 Å². The molecular formula is C13H18ClNO. The Morgan fingerprint density at radius 1 is 1.38 bits per heavy atom. The van der Waals surface area contributed by atoms with Crippen molar-refractivity contribution in [1.82, 2.24) is 5.32 Å². The van der Waals surface area contributed by atoms with Gasteiger partial charge in [-0.15, -0.1) is 11.6 Å². The van der Waals surface area contributed by atoms with E-state index >= 15 is 0 Å². The van der Waals surface area contributed by atoms with Gasteiger partial charge in [-0.3, -0.25) is 4.79 Å². The van der Waals surface area contributed by atoms with Crippen LogP contribution < -0.4 is 5.32 Å². The molecule has 0 fully saturated rings. The maximum Gasteiger partial charge on any atom is 0.237 e. The molecule has 0 heterocycles. The van der Waals surface area contributed by atoms with Gasteiger partial charge in [-0.1, -0.05) is 37.3 Å². The first kappa shape index (κ1) is 13.0. The van der Waals surface area contributed by atoms with Crippen LogP contribution in [0.5, 0.6) is 0 Å². The van der Waals surface area contributed by atoms with Crippen molar-refractivity contribution >= 4 is 17.5 Å². The van der Waals surface area contributed by atoms with E-state index in [2.05, 4.69) is 24.4 Å². The summed E-state index contributed by atoms with van der Waals surface area (Å²) in [7, 11) is 0. The molecular weight excluding hydrogens is 222 g/mol. The van der Waals surface area contributed by atoms with E-state index in [0.29, 0.717) is 12.5 Å². The molecule has 2 nitrogen and oxygen atoms in total. The van der Waals surface area contributed by atoms with Crippen molar-refractivity contribution in [2.75, 3.05) is 6.54 Å². The van der Waals surface area contributed by atoms with Crippen molar-refractivity contribution in [2.45, 2.75) is 31.6 Å². The molecule has 0 saturated heterocycles. The lowest BCUT2D eigenvalue weighted by atomic mass is 9.96. The number of halogens is 1. The third kappa shape index (κ3) is 3.86. The van der Waals surface area contributed by atoms with Crippen molar-refractivity contribution in [3.63, 3.8) is 0 Å². The van der Waals surface area contributed by atoms with Gasteiger partial charge in [-0.25, -0.2) is 0 Å². The number of hydrogen-bond acceptors (Lipinski definition) is 1. The van der Waals surface area contributed by atoms with Crippen molar-refractivity contribution in [3.8, 4) is 0 Å². The molecule has 3 heteroatoms. The van der Waals surface area contributed by atoms with Gasteiger partial charge in [0.1, 0.15) is 5.38 Å². The monoisotopic (exact) mass is 239 g/mol. The number of nitrogens with one attached hydrogen (secondary N) is 1. The third-order valence-corrected chi connectivity index (χ3v) is 2.85. The highest BCUT2D eigenvalue weighted by Gasteiger charge is 2.13. The number of carbonyl (C=O) groups is 1. The second-order valence-corrected chi connectivity index (χ2v) is 4.53. The van der Waals surface area contributed by atoms with Crippen LogP contribution in [0.3, 0.4) is 0 Å². The van der Waals surface area contributed by atoms with Gasteiger partial charge < -0.3 is 5.32 Å². The molecule has 16 heavy (non-hydrogen) atoms. The average molecular weight is 240 g/mol. The van der Waals surface area contributed by atoms with E-state index in [1.54, 1.807) is 6.92 Å². The van der Waals surface area contributed by atoms with Gasteiger partial charge >= 0.3 is 0 Å². The molecule has 1 aromatic rings. The van der Waals surface area contributed by atoms with Gasteiger partial charge in [0.05, 0.1) is 0 Å². The highest BCUT2D eigenvalue weighted by Crippen LogP contribution is 2.17. The minimum atomic E-state index is -0.465. The summed E-state index contributed by atoms with van der Waals surface area (Å²) in [6, 6.07) is 10.2. The molecule has 1 amide bonds. The molecule has 88 valence electrons. The van der Waals surface area contributed by atoms with Crippen LogP contribution in [-0.4, -0.2) is 17.8 Å². The SMILES string of the molecule is CC[C@H](CNC(=O)[C@H](C)Cl)c1ccccc1. The summed E-state index contributed by atoms with van der Waals surface area (Å²) in [5.74, 6) is 0.261. The zero-order valence-electron chi connectivity index (χ0n) is 9.74. The Balaban J connectivity index is 2.54. The third-order valence-electron chi connectivity index (χ3n) is 2.65. The van der Waals surface area contributed by atoms with E-state index in [4.69, 9.17) is 11.6 Å². The van der Waals surface area contributed by atoms with Crippen LogP contribution in [0.25, 0.3) is 0 Å². The lowest BCUT2D eigenvalue weighted by molar-refractivity contribution is -0.120. The zero-order chi connectivity index (χ0) is 12.0. The summed E-state index contributed by atoms with van der Waals surface area (Å²) < 4.78 is 0. The Kier molecular flexibility index (Phi) is 5.33. The number of hydrogen-bond donors (Lipinski definition) is 1. The van der Waals surface area contributed by atoms with Gasteiger partial charge in [0.15, 0.2) is 0 Å². The Labute approximate surface area is 102 Å².